The summed E-state index contributed by atoms with van der Waals surface area (Å²) in [6.45, 7) is 2.23. The van der Waals surface area contributed by atoms with Gasteiger partial charge < -0.3 is 5.32 Å². The predicted molar refractivity (Wildman–Crippen MR) is 64.1 cm³/mol. The lowest BCUT2D eigenvalue weighted by Crippen LogP contribution is -2.14. The van der Waals surface area contributed by atoms with E-state index < -0.39 is 9.84 Å². The smallest absolute Gasteiger partial charge is 0.149 e. The van der Waals surface area contributed by atoms with Crippen LogP contribution in [0.15, 0.2) is 18.2 Å². The van der Waals surface area contributed by atoms with E-state index in [0.717, 1.165) is 11.3 Å². The monoisotopic (exact) mass is 238 g/mol. The van der Waals surface area contributed by atoms with Crippen molar-refractivity contribution in [2.24, 2.45) is 0 Å². The minimum atomic E-state index is -2.93. The first kappa shape index (κ1) is 12.5. The molecule has 0 amide bonds. The van der Waals surface area contributed by atoms with E-state index in [2.05, 4.69) is 11.4 Å². The Labute approximate surface area is 95.8 Å². The number of sulfone groups is 1. The highest BCUT2D eigenvalue weighted by Crippen LogP contribution is 2.13. The van der Waals surface area contributed by atoms with Crippen molar-refractivity contribution in [3.05, 3.63) is 29.3 Å². The molecule has 1 rings (SSSR count). The molecule has 0 bridgehead atoms. The maximum Gasteiger partial charge on any atom is 0.149 e. The Bertz CT molecular complexity index is 515. The number of benzene rings is 1. The second-order valence-corrected chi connectivity index (χ2v) is 5.96. The summed E-state index contributed by atoms with van der Waals surface area (Å²) in [4.78, 5) is 0. The number of rotatable bonds is 4. The van der Waals surface area contributed by atoms with E-state index >= 15 is 0 Å². The first-order chi connectivity index (χ1) is 7.42. The average Bonchev–Trinajstić information content (AvgIpc) is 2.16. The molecule has 86 valence electrons. The summed E-state index contributed by atoms with van der Waals surface area (Å²) >= 11 is 0. The third-order valence-corrected chi connectivity index (χ3v) is 3.09. The lowest BCUT2D eigenvalue weighted by atomic mass is 10.1. The number of nitrogens with one attached hydrogen (secondary N) is 1. The van der Waals surface area contributed by atoms with Crippen LogP contribution in [0.25, 0.3) is 0 Å². The molecular formula is C11H14N2O2S. The fraction of sp³-hybridized carbons (Fsp3) is 0.364. The summed E-state index contributed by atoms with van der Waals surface area (Å²) in [5.74, 6) is 0.103. The molecule has 0 saturated heterocycles. The fourth-order valence-electron chi connectivity index (χ4n) is 1.28. The van der Waals surface area contributed by atoms with Gasteiger partial charge in [0, 0.05) is 18.5 Å². The second kappa shape index (κ2) is 4.99. The maximum atomic E-state index is 10.9. The van der Waals surface area contributed by atoms with E-state index in [9.17, 15) is 8.42 Å². The number of hydrogen-bond acceptors (Lipinski definition) is 4. The molecule has 0 heterocycles. The van der Waals surface area contributed by atoms with Gasteiger partial charge in [0.05, 0.1) is 17.4 Å². The summed E-state index contributed by atoms with van der Waals surface area (Å²) in [6, 6.07) is 7.41. The van der Waals surface area contributed by atoms with Crippen LogP contribution in [0.1, 0.15) is 11.1 Å². The molecule has 0 aromatic heterocycles. The van der Waals surface area contributed by atoms with Crippen LogP contribution in [0.3, 0.4) is 0 Å². The van der Waals surface area contributed by atoms with Crippen molar-refractivity contribution in [3.8, 4) is 6.07 Å². The topological polar surface area (TPSA) is 70.0 Å². The molecule has 1 aromatic carbocycles. The number of hydrogen-bond donors (Lipinski definition) is 1. The molecule has 0 aliphatic heterocycles. The van der Waals surface area contributed by atoms with Gasteiger partial charge in [0.25, 0.3) is 0 Å². The summed E-state index contributed by atoms with van der Waals surface area (Å²) in [5, 5.41) is 11.7. The molecule has 1 aromatic rings. The SMILES string of the molecule is Cc1cc(NCCS(C)(=O)=O)ccc1C#N. The standard InChI is InChI=1S/C11H14N2O2S/c1-9-7-11(4-3-10(9)8-12)13-5-6-16(2,14)15/h3-4,7,13H,5-6H2,1-2H3. The van der Waals surface area contributed by atoms with Gasteiger partial charge in [0.1, 0.15) is 9.84 Å². The van der Waals surface area contributed by atoms with Gasteiger partial charge in [-0.05, 0) is 30.7 Å². The van der Waals surface area contributed by atoms with Gasteiger partial charge in [-0.1, -0.05) is 0 Å². The Balaban J connectivity index is 2.63. The third-order valence-electron chi connectivity index (χ3n) is 2.15. The highest BCUT2D eigenvalue weighted by molar-refractivity contribution is 7.90. The Kier molecular flexibility index (Phi) is 3.91. The molecule has 0 unspecified atom stereocenters. The normalized spacial score (nSPS) is 10.8. The number of nitriles is 1. The van der Waals surface area contributed by atoms with Crippen molar-refractivity contribution < 1.29 is 8.42 Å². The molecule has 0 fully saturated rings. The largest absolute Gasteiger partial charge is 0.384 e. The van der Waals surface area contributed by atoms with Crippen LogP contribution in [-0.4, -0.2) is 27.0 Å². The zero-order valence-electron chi connectivity index (χ0n) is 9.32. The zero-order chi connectivity index (χ0) is 12.2. The fourth-order valence-corrected chi connectivity index (χ4v) is 1.75. The van der Waals surface area contributed by atoms with Gasteiger partial charge in [-0.3, -0.25) is 0 Å². The van der Waals surface area contributed by atoms with Gasteiger partial charge in [-0.2, -0.15) is 5.26 Å². The van der Waals surface area contributed by atoms with Crippen LogP contribution >= 0.6 is 0 Å². The van der Waals surface area contributed by atoms with Crippen LogP contribution in [-0.2, 0) is 9.84 Å². The van der Waals surface area contributed by atoms with E-state index in [0.29, 0.717) is 12.1 Å². The van der Waals surface area contributed by atoms with Gasteiger partial charge in [0.2, 0.25) is 0 Å². The predicted octanol–water partition coefficient (Wildman–Crippen LogP) is 1.32. The zero-order valence-corrected chi connectivity index (χ0v) is 10.1. The molecule has 4 nitrogen and oxygen atoms in total. The Hall–Kier alpha value is -1.54. The van der Waals surface area contributed by atoms with Gasteiger partial charge in [0.15, 0.2) is 0 Å². The van der Waals surface area contributed by atoms with Crippen LogP contribution in [0.4, 0.5) is 5.69 Å². The molecule has 0 spiro atoms. The molecule has 5 heteroatoms. The minimum Gasteiger partial charge on any atom is -0.384 e. The van der Waals surface area contributed by atoms with Crippen molar-refractivity contribution in [1.82, 2.24) is 0 Å². The Morgan fingerprint density at radius 1 is 1.44 bits per heavy atom. The van der Waals surface area contributed by atoms with Crippen LogP contribution in [0.5, 0.6) is 0 Å². The Morgan fingerprint density at radius 3 is 2.62 bits per heavy atom. The molecule has 1 N–H and O–H groups in total. The summed E-state index contributed by atoms with van der Waals surface area (Å²) in [5.41, 5.74) is 2.35. The molecular weight excluding hydrogens is 224 g/mol. The molecule has 16 heavy (non-hydrogen) atoms. The van der Waals surface area contributed by atoms with Crippen molar-refractivity contribution >= 4 is 15.5 Å². The molecule has 0 saturated carbocycles. The van der Waals surface area contributed by atoms with Gasteiger partial charge >= 0.3 is 0 Å². The van der Waals surface area contributed by atoms with Crippen LogP contribution < -0.4 is 5.32 Å². The lowest BCUT2D eigenvalue weighted by molar-refractivity contribution is 0.602. The number of aryl methyl sites for hydroxylation is 1. The van der Waals surface area contributed by atoms with Gasteiger partial charge in [-0.15, -0.1) is 0 Å². The van der Waals surface area contributed by atoms with Gasteiger partial charge in [-0.25, -0.2) is 8.42 Å². The first-order valence-electron chi connectivity index (χ1n) is 4.85. The minimum absolute atomic E-state index is 0.103. The average molecular weight is 238 g/mol. The van der Waals surface area contributed by atoms with E-state index in [1.165, 1.54) is 6.26 Å². The maximum absolute atomic E-state index is 10.9. The van der Waals surface area contributed by atoms with Crippen molar-refractivity contribution in [3.63, 3.8) is 0 Å². The number of nitrogens with zero attached hydrogens (tertiary/aromatic N) is 1. The summed E-state index contributed by atoms with van der Waals surface area (Å²) in [7, 11) is -2.93. The van der Waals surface area contributed by atoms with E-state index in [1.54, 1.807) is 12.1 Å². The molecule has 0 radical (unpaired) electrons. The van der Waals surface area contributed by atoms with E-state index in [1.807, 2.05) is 13.0 Å². The summed E-state index contributed by atoms with van der Waals surface area (Å²) in [6.07, 6.45) is 1.21. The third kappa shape index (κ3) is 3.91. The van der Waals surface area contributed by atoms with Crippen molar-refractivity contribution in [2.75, 3.05) is 23.9 Å². The number of anilines is 1. The van der Waals surface area contributed by atoms with Crippen molar-refractivity contribution in [1.29, 1.82) is 5.26 Å². The Morgan fingerprint density at radius 2 is 2.12 bits per heavy atom. The van der Waals surface area contributed by atoms with Crippen LogP contribution in [0.2, 0.25) is 0 Å². The van der Waals surface area contributed by atoms with E-state index in [4.69, 9.17) is 5.26 Å². The van der Waals surface area contributed by atoms with Crippen molar-refractivity contribution in [2.45, 2.75) is 6.92 Å². The summed E-state index contributed by atoms with van der Waals surface area (Å²) < 4.78 is 21.8. The second-order valence-electron chi connectivity index (χ2n) is 3.70. The highest BCUT2D eigenvalue weighted by Gasteiger charge is 2.02. The van der Waals surface area contributed by atoms with Crippen LogP contribution in [0, 0.1) is 18.3 Å². The quantitative estimate of drug-likeness (QED) is 0.859. The molecule has 0 aliphatic carbocycles. The molecule has 0 atom stereocenters. The van der Waals surface area contributed by atoms with E-state index in [-0.39, 0.29) is 5.75 Å². The first-order valence-corrected chi connectivity index (χ1v) is 6.91. The highest BCUT2D eigenvalue weighted by atomic mass is 32.2. The lowest BCUT2D eigenvalue weighted by Gasteiger charge is -2.06. The molecule has 0 aliphatic rings.